The van der Waals surface area contributed by atoms with Crippen LogP contribution < -0.4 is 21.1 Å². The van der Waals surface area contributed by atoms with Crippen LogP contribution in [-0.2, 0) is 27.4 Å². The summed E-state index contributed by atoms with van der Waals surface area (Å²) in [7, 11) is 0. The van der Waals surface area contributed by atoms with Crippen LogP contribution in [-0.4, -0.2) is 36.3 Å². The molecule has 1 aliphatic rings. The lowest BCUT2D eigenvalue weighted by molar-refractivity contribution is -0.139. The molecule has 2 atom stereocenters. The summed E-state index contributed by atoms with van der Waals surface area (Å²) < 4.78 is 11.8. The van der Waals surface area contributed by atoms with Crippen molar-refractivity contribution in [3.8, 4) is 11.5 Å². The topological polar surface area (TPSA) is 127 Å². The number of amidine groups is 1. The molecule has 1 saturated heterocycles. The van der Waals surface area contributed by atoms with Gasteiger partial charge in [-0.15, -0.1) is 11.3 Å². The van der Waals surface area contributed by atoms with Gasteiger partial charge in [0.25, 0.3) is 5.91 Å². The van der Waals surface area contributed by atoms with Crippen LogP contribution >= 0.6 is 11.3 Å². The van der Waals surface area contributed by atoms with Crippen molar-refractivity contribution in [1.29, 1.82) is 5.41 Å². The number of nitrogens with two attached hydrogens (primary N) is 1. The van der Waals surface area contributed by atoms with Crippen molar-refractivity contribution in [2.24, 2.45) is 5.73 Å². The van der Waals surface area contributed by atoms with Gasteiger partial charge in [-0.25, -0.2) is 0 Å². The van der Waals surface area contributed by atoms with Gasteiger partial charge < -0.3 is 20.5 Å². The van der Waals surface area contributed by atoms with Crippen LogP contribution in [0.3, 0.4) is 0 Å². The van der Waals surface area contributed by atoms with Crippen molar-refractivity contribution in [3.05, 3.63) is 82.0 Å². The van der Waals surface area contributed by atoms with Crippen molar-refractivity contribution in [2.75, 3.05) is 6.54 Å². The highest BCUT2D eigenvalue weighted by Crippen LogP contribution is 2.22. The first-order valence-corrected chi connectivity index (χ1v) is 12.3. The molecule has 1 fully saturated rings. The number of nitrogens with one attached hydrogen (secondary N) is 3. The second kappa shape index (κ2) is 11.7. The number of rotatable bonds is 10. The number of carbonyl (C=O) groups is 2. The third-order valence-corrected chi connectivity index (χ3v) is 6.58. The average molecular weight is 493 g/mol. The van der Waals surface area contributed by atoms with Crippen molar-refractivity contribution in [1.82, 2.24) is 10.6 Å². The largest absolute Gasteiger partial charge is 0.457 e. The summed E-state index contributed by atoms with van der Waals surface area (Å²) in [5.41, 5.74) is 7.03. The standard InChI is InChI=1S/C26H28N4O4S/c27-24(28)18-13-21(35-16-18)14-23(26(32)30-25(31)22-7-4-12-29-22)33-15-17-8-10-20(11-9-17)34-19-5-2-1-3-6-19/h1-3,5-6,8-11,13,16,22-23,29H,4,7,12,14-15H2,(H3,27,28)(H,30,31,32)/t22-,23-/m0/s1. The van der Waals surface area contributed by atoms with E-state index >= 15 is 0 Å². The second-order valence-electron chi connectivity index (χ2n) is 8.28. The number of ether oxygens (including phenoxy) is 2. The van der Waals surface area contributed by atoms with Crippen LogP contribution in [0.2, 0.25) is 0 Å². The molecule has 0 aliphatic carbocycles. The summed E-state index contributed by atoms with van der Waals surface area (Å²) >= 11 is 1.40. The van der Waals surface area contributed by atoms with E-state index in [0.717, 1.165) is 29.2 Å². The highest BCUT2D eigenvalue weighted by Gasteiger charge is 2.28. The first-order chi connectivity index (χ1) is 17.0. The Morgan fingerprint density at radius 1 is 1.14 bits per heavy atom. The minimum absolute atomic E-state index is 0.0327. The Morgan fingerprint density at radius 3 is 2.54 bits per heavy atom. The summed E-state index contributed by atoms with van der Waals surface area (Å²) in [6.07, 6.45) is 0.998. The summed E-state index contributed by atoms with van der Waals surface area (Å²) in [5, 5.41) is 15.0. The van der Waals surface area contributed by atoms with Gasteiger partial charge in [0.05, 0.1) is 12.6 Å². The summed E-state index contributed by atoms with van der Waals surface area (Å²) in [5.74, 6) is 0.592. The molecule has 0 spiro atoms. The molecule has 2 aromatic carbocycles. The molecule has 3 aromatic rings. The molecule has 182 valence electrons. The van der Waals surface area contributed by atoms with E-state index in [1.165, 1.54) is 11.3 Å². The number of hydrogen-bond acceptors (Lipinski definition) is 7. The lowest BCUT2D eigenvalue weighted by Gasteiger charge is -2.18. The third kappa shape index (κ3) is 6.98. The van der Waals surface area contributed by atoms with E-state index in [2.05, 4.69) is 10.6 Å². The average Bonchev–Trinajstić information content (AvgIpc) is 3.56. The van der Waals surface area contributed by atoms with Crippen molar-refractivity contribution in [3.63, 3.8) is 0 Å². The van der Waals surface area contributed by atoms with Crippen molar-refractivity contribution >= 4 is 29.0 Å². The smallest absolute Gasteiger partial charge is 0.256 e. The van der Waals surface area contributed by atoms with Gasteiger partial charge in [-0.3, -0.25) is 20.3 Å². The highest BCUT2D eigenvalue weighted by molar-refractivity contribution is 7.10. The van der Waals surface area contributed by atoms with Gasteiger partial charge in [0.1, 0.15) is 23.4 Å². The van der Waals surface area contributed by atoms with Gasteiger partial charge in [0.2, 0.25) is 5.91 Å². The van der Waals surface area contributed by atoms with Crippen LogP contribution in [0.15, 0.2) is 66.0 Å². The summed E-state index contributed by atoms with van der Waals surface area (Å²) in [6.45, 7) is 0.948. The normalized spacial score (nSPS) is 15.9. The zero-order chi connectivity index (χ0) is 24.6. The van der Waals surface area contributed by atoms with Crippen LogP contribution in [0.5, 0.6) is 11.5 Å². The minimum atomic E-state index is -0.876. The van der Waals surface area contributed by atoms with Gasteiger partial charge in [-0.05, 0) is 55.3 Å². The fourth-order valence-electron chi connectivity index (χ4n) is 3.71. The molecule has 8 nitrogen and oxygen atoms in total. The lowest BCUT2D eigenvalue weighted by Crippen LogP contribution is -2.47. The quantitative estimate of drug-likeness (QED) is 0.254. The Labute approximate surface area is 208 Å². The molecule has 35 heavy (non-hydrogen) atoms. The fourth-order valence-corrected chi connectivity index (χ4v) is 4.63. The van der Waals surface area contributed by atoms with E-state index in [1.807, 2.05) is 54.6 Å². The van der Waals surface area contributed by atoms with E-state index in [0.29, 0.717) is 17.7 Å². The van der Waals surface area contributed by atoms with Crippen LogP contribution in [0.4, 0.5) is 0 Å². The first kappa shape index (κ1) is 24.6. The Morgan fingerprint density at radius 2 is 1.89 bits per heavy atom. The van der Waals surface area contributed by atoms with Gasteiger partial charge >= 0.3 is 0 Å². The zero-order valence-corrected chi connectivity index (χ0v) is 20.0. The predicted octanol–water partition coefficient (Wildman–Crippen LogP) is 3.35. The molecule has 2 amide bonds. The molecule has 0 unspecified atom stereocenters. The van der Waals surface area contributed by atoms with Crippen molar-refractivity contribution in [2.45, 2.75) is 38.0 Å². The third-order valence-electron chi connectivity index (χ3n) is 5.62. The van der Waals surface area contributed by atoms with Gasteiger partial charge in [-0.1, -0.05) is 30.3 Å². The SMILES string of the molecule is N=C(N)c1csc(C[C@H](OCc2ccc(Oc3ccccc3)cc2)C(=O)NC(=O)[C@@H]2CCCN2)c1. The monoisotopic (exact) mass is 492 g/mol. The van der Waals surface area contributed by atoms with Gasteiger partial charge in [0, 0.05) is 22.2 Å². The molecule has 2 heterocycles. The van der Waals surface area contributed by atoms with E-state index in [9.17, 15) is 9.59 Å². The first-order valence-electron chi connectivity index (χ1n) is 11.4. The number of amides is 2. The highest BCUT2D eigenvalue weighted by atomic mass is 32.1. The molecule has 0 radical (unpaired) electrons. The molecular formula is C26H28N4O4S. The maximum Gasteiger partial charge on any atom is 0.256 e. The predicted molar refractivity (Wildman–Crippen MR) is 135 cm³/mol. The van der Waals surface area contributed by atoms with E-state index in [-0.39, 0.29) is 30.8 Å². The molecule has 4 rings (SSSR count). The number of hydrogen-bond donors (Lipinski definition) is 4. The number of nitrogen functional groups attached to an aromatic ring is 1. The fraction of sp³-hybridized carbons (Fsp3) is 0.269. The molecule has 0 saturated carbocycles. The lowest BCUT2D eigenvalue weighted by atomic mass is 10.1. The Bertz CT molecular complexity index is 1160. The molecule has 1 aliphatic heterocycles. The molecule has 0 bridgehead atoms. The Kier molecular flexibility index (Phi) is 8.25. The number of imide groups is 1. The van der Waals surface area contributed by atoms with Crippen LogP contribution in [0.25, 0.3) is 0 Å². The number of para-hydroxylation sites is 1. The van der Waals surface area contributed by atoms with Crippen LogP contribution in [0.1, 0.15) is 28.8 Å². The zero-order valence-electron chi connectivity index (χ0n) is 19.2. The van der Waals surface area contributed by atoms with Crippen molar-refractivity contribution < 1.29 is 19.1 Å². The summed E-state index contributed by atoms with van der Waals surface area (Å²) in [4.78, 5) is 26.3. The molecular weight excluding hydrogens is 464 g/mol. The van der Waals surface area contributed by atoms with E-state index in [4.69, 9.17) is 20.6 Å². The number of thiophene rings is 1. The van der Waals surface area contributed by atoms with E-state index in [1.54, 1.807) is 11.4 Å². The molecule has 9 heteroatoms. The number of benzene rings is 2. The Balaban J connectivity index is 1.40. The maximum absolute atomic E-state index is 13.0. The van der Waals surface area contributed by atoms with E-state index < -0.39 is 12.0 Å². The van der Waals surface area contributed by atoms with Gasteiger partial charge in [-0.2, -0.15) is 0 Å². The summed E-state index contributed by atoms with van der Waals surface area (Å²) in [6, 6.07) is 18.3. The Hall–Kier alpha value is -3.53. The molecule has 1 aromatic heterocycles. The van der Waals surface area contributed by atoms with Crippen LogP contribution in [0, 0.1) is 5.41 Å². The molecule has 5 N–H and O–H groups in total. The van der Waals surface area contributed by atoms with Gasteiger partial charge in [0.15, 0.2) is 0 Å². The second-order valence-corrected chi connectivity index (χ2v) is 9.28. The minimum Gasteiger partial charge on any atom is -0.457 e. The number of carbonyl (C=O) groups excluding carboxylic acids is 2. The maximum atomic E-state index is 13.0.